The lowest BCUT2D eigenvalue weighted by atomic mass is 10.1. The van der Waals surface area contributed by atoms with E-state index in [-0.39, 0.29) is 28.0 Å². The second-order valence-corrected chi connectivity index (χ2v) is 6.52. The molecule has 0 bridgehead atoms. The quantitative estimate of drug-likeness (QED) is 0.438. The molecule has 1 atom stereocenters. The average Bonchev–Trinajstić information content (AvgIpc) is 2.91. The van der Waals surface area contributed by atoms with Crippen LogP contribution in [0.5, 0.6) is 0 Å². The molecule has 0 amide bonds. The fraction of sp³-hybridized carbons (Fsp3) is 0.333. The van der Waals surface area contributed by atoms with Crippen LogP contribution in [0.15, 0.2) is 12.3 Å². The van der Waals surface area contributed by atoms with Crippen LogP contribution in [0.2, 0.25) is 10.2 Å². The van der Waals surface area contributed by atoms with Gasteiger partial charge in [0.05, 0.1) is 28.5 Å². The van der Waals surface area contributed by atoms with Crippen LogP contribution in [0, 0.1) is 13.8 Å². The van der Waals surface area contributed by atoms with Gasteiger partial charge in [-0.3, -0.25) is 4.79 Å². The van der Waals surface area contributed by atoms with E-state index in [2.05, 4.69) is 9.97 Å². The topological polar surface area (TPSA) is 98.4 Å². The molecule has 27 heavy (non-hydrogen) atoms. The predicted octanol–water partition coefficient (Wildman–Crippen LogP) is 3.94. The predicted molar refractivity (Wildman–Crippen MR) is 99.7 cm³/mol. The number of halogens is 2. The first-order chi connectivity index (χ1) is 12.7. The number of nitrogens with one attached hydrogen (secondary N) is 1. The first-order valence-electron chi connectivity index (χ1n) is 8.09. The molecule has 0 aliphatic heterocycles. The van der Waals surface area contributed by atoms with Gasteiger partial charge in [0.15, 0.2) is 6.10 Å². The minimum absolute atomic E-state index is 0.0568. The molecule has 0 aliphatic carbocycles. The highest BCUT2D eigenvalue weighted by atomic mass is 35.5. The zero-order chi connectivity index (χ0) is 20.3. The van der Waals surface area contributed by atoms with Crippen LogP contribution in [-0.4, -0.2) is 40.4 Å². The minimum atomic E-state index is -1.10. The molecule has 144 valence electrons. The summed E-state index contributed by atoms with van der Waals surface area (Å²) in [6.07, 6.45) is 0.107. The molecule has 2 rings (SSSR count). The van der Waals surface area contributed by atoms with Gasteiger partial charge >= 0.3 is 11.9 Å². The molecule has 0 fully saturated rings. The number of hydrogen-bond donors (Lipinski definition) is 1. The minimum Gasteiger partial charge on any atom is -0.462 e. The molecule has 0 unspecified atom stereocenters. The van der Waals surface area contributed by atoms with E-state index < -0.39 is 23.8 Å². The molecule has 0 saturated carbocycles. The number of aryl methyl sites for hydroxylation is 1. The fourth-order valence-electron chi connectivity index (χ4n) is 2.52. The number of Topliss-reactive ketones (excluding diaryl/α,β-unsaturated/α-hetero) is 1. The van der Waals surface area contributed by atoms with Crippen LogP contribution in [0.4, 0.5) is 0 Å². The van der Waals surface area contributed by atoms with Crippen molar-refractivity contribution < 1.29 is 23.9 Å². The summed E-state index contributed by atoms with van der Waals surface area (Å²) >= 11 is 11.5. The number of H-pyrrole nitrogens is 1. The van der Waals surface area contributed by atoms with Crippen molar-refractivity contribution in [2.75, 3.05) is 6.61 Å². The molecule has 9 heteroatoms. The number of ether oxygens (including phenoxy) is 2. The van der Waals surface area contributed by atoms with E-state index in [4.69, 9.17) is 32.7 Å². The Balaban J connectivity index is 2.20. The molecule has 1 N–H and O–H groups in total. The molecular formula is C18H18Cl2N2O5. The molecule has 2 heterocycles. The van der Waals surface area contributed by atoms with Crippen molar-refractivity contribution >= 4 is 40.9 Å². The van der Waals surface area contributed by atoms with Gasteiger partial charge in [0.2, 0.25) is 5.78 Å². The lowest BCUT2D eigenvalue weighted by Gasteiger charge is -2.12. The molecule has 0 aromatic carbocycles. The summed E-state index contributed by atoms with van der Waals surface area (Å²) in [6, 6.07) is 1.30. The van der Waals surface area contributed by atoms with Gasteiger partial charge in [-0.05, 0) is 39.3 Å². The van der Waals surface area contributed by atoms with Gasteiger partial charge in [0.25, 0.3) is 0 Å². The monoisotopic (exact) mass is 412 g/mol. The summed E-state index contributed by atoms with van der Waals surface area (Å²) in [5, 5.41) is 0.154. The van der Waals surface area contributed by atoms with Crippen molar-refractivity contribution in [3.63, 3.8) is 0 Å². The zero-order valence-corrected chi connectivity index (χ0v) is 16.7. The number of aromatic nitrogens is 2. The van der Waals surface area contributed by atoms with Crippen molar-refractivity contribution in [3.8, 4) is 0 Å². The van der Waals surface area contributed by atoms with E-state index >= 15 is 0 Å². The smallest absolute Gasteiger partial charge is 0.340 e. The third kappa shape index (κ3) is 4.48. The third-order valence-electron chi connectivity index (χ3n) is 3.85. The Labute approximate surface area is 166 Å². The van der Waals surface area contributed by atoms with Gasteiger partial charge in [0, 0.05) is 11.9 Å². The first-order valence-corrected chi connectivity index (χ1v) is 8.85. The Bertz CT molecular complexity index is 907. The summed E-state index contributed by atoms with van der Waals surface area (Å²) in [4.78, 5) is 43.6. The van der Waals surface area contributed by atoms with Crippen LogP contribution in [0.1, 0.15) is 56.3 Å². The number of esters is 2. The van der Waals surface area contributed by atoms with E-state index in [0.29, 0.717) is 16.8 Å². The van der Waals surface area contributed by atoms with Crippen LogP contribution < -0.4 is 0 Å². The Morgan fingerprint density at radius 2 is 1.89 bits per heavy atom. The van der Waals surface area contributed by atoms with Crippen molar-refractivity contribution in [1.82, 2.24) is 9.97 Å². The van der Waals surface area contributed by atoms with E-state index in [1.807, 2.05) is 0 Å². The van der Waals surface area contributed by atoms with Gasteiger partial charge in [-0.2, -0.15) is 0 Å². The largest absolute Gasteiger partial charge is 0.462 e. The van der Waals surface area contributed by atoms with Gasteiger partial charge in [-0.15, -0.1) is 0 Å². The van der Waals surface area contributed by atoms with Crippen molar-refractivity contribution in [2.24, 2.45) is 0 Å². The Morgan fingerprint density at radius 3 is 2.48 bits per heavy atom. The van der Waals surface area contributed by atoms with Crippen LogP contribution in [0.25, 0.3) is 0 Å². The highest BCUT2D eigenvalue weighted by Crippen LogP contribution is 2.23. The third-order valence-corrected chi connectivity index (χ3v) is 4.53. The van der Waals surface area contributed by atoms with E-state index in [1.165, 1.54) is 19.2 Å². The Morgan fingerprint density at radius 1 is 1.22 bits per heavy atom. The normalized spacial score (nSPS) is 11.8. The van der Waals surface area contributed by atoms with Crippen molar-refractivity contribution in [2.45, 2.75) is 33.8 Å². The Kier molecular flexibility index (Phi) is 6.62. The highest BCUT2D eigenvalue weighted by Gasteiger charge is 2.28. The standard InChI is InChI=1S/C18H18Cl2N2O5/c1-5-26-18(25)13-8(2)14(22-9(13)3)15(23)10(4)27-17(24)11-6-12(19)16(20)21-7-11/h6-7,10,22H,5H2,1-4H3/t10-/m1/s1. The molecule has 2 aromatic heterocycles. The second kappa shape index (κ2) is 8.54. The van der Waals surface area contributed by atoms with Crippen molar-refractivity contribution in [3.05, 3.63) is 50.5 Å². The van der Waals surface area contributed by atoms with E-state index in [1.54, 1.807) is 20.8 Å². The van der Waals surface area contributed by atoms with Crippen molar-refractivity contribution in [1.29, 1.82) is 0 Å². The van der Waals surface area contributed by atoms with E-state index in [9.17, 15) is 14.4 Å². The van der Waals surface area contributed by atoms with Crippen LogP contribution in [-0.2, 0) is 9.47 Å². The SMILES string of the molecule is CCOC(=O)c1c(C)[nH]c(C(=O)[C@@H](C)OC(=O)c2cnc(Cl)c(Cl)c2)c1C. The number of aromatic amines is 1. The summed E-state index contributed by atoms with van der Waals surface area (Å²) in [7, 11) is 0. The molecular weight excluding hydrogens is 395 g/mol. The van der Waals surface area contributed by atoms with E-state index in [0.717, 1.165) is 0 Å². The van der Waals surface area contributed by atoms with Gasteiger partial charge in [-0.25, -0.2) is 14.6 Å². The summed E-state index contributed by atoms with van der Waals surface area (Å²) in [6.45, 7) is 6.64. The highest BCUT2D eigenvalue weighted by molar-refractivity contribution is 6.41. The number of carbonyl (C=O) groups excluding carboxylic acids is 3. The fourth-order valence-corrected chi connectivity index (χ4v) is 2.79. The summed E-state index contributed by atoms with van der Waals surface area (Å²) in [5.74, 6) is -1.77. The molecule has 0 aliphatic rings. The van der Waals surface area contributed by atoms with Crippen LogP contribution in [0.3, 0.4) is 0 Å². The maximum absolute atomic E-state index is 12.7. The number of ketones is 1. The first kappa shape index (κ1) is 20.9. The van der Waals surface area contributed by atoms with Gasteiger partial charge in [0.1, 0.15) is 5.15 Å². The van der Waals surface area contributed by atoms with Crippen LogP contribution >= 0.6 is 23.2 Å². The maximum atomic E-state index is 12.7. The molecule has 0 saturated heterocycles. The average molecular weight is 413 g/mol. The number of rotatable bonds is 6. The Hall–Kier alpha value is -2.38. The lowest BCUT2D eigenvalue weighted by Crippen LogP contribution is -2.25. The molecule has 0 radical (unpaired) electrons. The molecule has 7 nitrogen and oxygen atoms in total. The summed E-state index contributed by atoms with van der Waals surface area (Å²) < 4.78 is 10.2. The number of hydrogen-bond acceptors (Lipinski definition) is 6. The molecule has 2 aromatic rings. The van der Waals surface area contributed by atoms with Gasteiger partial charge in [-0.1, -0.05) is 23.2 Å². The number of carbonyl (C=O) groups is 3. The summed E-state index contributed by atoms with van der Waals surface area (Å²) in [5.41, 5.74) is 1.49. The lowest BCUT2D eigenvalue weighted by molar-refractivity contribution is 0.0316. The van der Waals surface area contributed by atoms with Gasteiger partial charge < -0.3 is 14.5 Å². The maximum Gasteiger partial charge on any atom is 0.340 e. The zero-order valence-electron chi connectivity index (χ0n) is 15.2. The molecule has 0 spiro atoms. The number of pyridine rings is 1. The number of nitrogens with zero attached hydrogens (tertiary/aromatic N) is 1. The second-order valence-electron chi connectivity index (χ2n) is 5.75.